The van der Waals surface area contributed by atoms with E-state index in [1.54, 1.807) is 80.2 Å². The molecule has 0 spiro atoms. The Hall–Kier alpha value is -3.71. The van der Waals surface area contributed by atoms with Gasteiger partial charge >= 0.3 is 0 Å². The Kier molecular flexibility index (Phi) is 5.98. The van der Waals surface area contributed by atoms with Crippen LogP contribution in [0.2, 0.25) is 0 Å². The van der Waals surface area contributed by atoms with Crippen LogP contribution >= 0.6 is 0 Å². The summed E-state index contributed by atoms with van der Waals surface area (Å²) in [6.45, 7) is 0. The highest BCUT2D eigenvalue weighted by molar-refractivity contribution is 6.04. The van der Waals surface area contributed by atoms with Crippen LogP contribution in [0.1, 0.15) is 22.0 Å². The number of rotatable bonds is 6. The van der Waals surface area contributed by atoms with Crippen molar-refractivity contribution >= 4 is 23.2 Å². The van der Waals surface area contributed by atoms with E-state index >= 15 is 0 Å². The fourth-order valence-electron chi connectivity index (χ4n) is 2.53. The van der Waals surface area contributed by atoms with Gasteiger partial charge < -0.3 is 21.1 Å². The lowest BCUT2D eigenvalue weighted by Crippen LogP contribution is -2.27. The number of ether oxygens (including phenoxy) is 1. The summed E-state index contributed by atoms with van der Waals surface area (Å²) in [5, 5.41) is 5.53. The zero-order chi connectivity index (χ0) is 19.9. The van der Waals surface area contributed by atoms with Gasteiger partial charge in [0.05, 0.1) is 7.11 Å². The van der Waals surface area contributed by atoms with Crippen molar-refractivity contribution in [2.45, 2.75) is 6.04 Å². The molecule has 28 heavy (non-hydrogen) atoms. The molecule has 1 aromatic heterocycles. The van der Waals surface area contributed by atoms with Crippen LogP contribution in [0.3, 0.4) is 0 Å². The Morgan fingerprint density at radius 2 is 1.50 bits per heavy atom. The van der Waals surface area contributed by atoms with E-state index in [0.717, 1.165) is 0 Å². The van der Waals surface area contributed by atoms with Crippen molar-refractivity contribution in [3.05, 3.63) is 84.2 Å². The van der Waals surface area contributed by atoms with Crippen LogP contribution in [0.25, 0.3) is 0 Å². The molecular weight excluding hydrogens is 356 g/mol. The van der Waals surface area contributed by atoms with Gasteiger partial charge in [-0.05, 0) is 54.1 Å². The molecule has 1 atom stereocenters. The molecular formula is C21H20N4O3. The highest BCUT2D eigenvalue weighted by Gasteiger charge is 2.17. The van der Waals surface area contributed by atoms with Crippen LogP contribution in [0.5, 0.6) is 5.75 Å². The molecule has 1 unspecified atom stereocenters. The summed E-state index contributed by atoms with van der Waals surface area (Å²) in [6, 6.07) is 16.1. The standard InChI is InChI=1S/C21H20N4O3/c1-28-18-8-6-16(7-9-18)25-21(27)19(22)14-2-4-15(5-3-14)20(26)24-17-10-12-23-13-11-17/h2-13,19H,22H2,1H3,(H,25,27)(H,23,24,26). The Balaban J connectivity index is 1.62. The van der Waals surface area contributed by atoms with E-state index in [0.29, 0.717) is 28.3 Å². The second kappa shape index (κ2) is 8.79. The molecule has 0 fully saturated rings. The van der Waals surface area contributed by atoms with Gasteiger partial charge in [0.2, 0.25) is 5.91 Å². The molecule has 2 amide bonds. The molecule has 0 bridgehead atoms. The molecule has 7 heteroatoms. The predicted molar refractivity (Wildman–Crippen MR) is 107 cm³/mol. The van der Waals surface area contributed by atoms with E-state index in [-0.39, 0.29) is 11.8 Å². The highest BCUT2D eigenvalue weighted by Crippen LogP contribution is 2.18. The van der Waals surface area contributed by atoms with E-state index in [4.69, 9.17) is 10.5 Å². The number of carbonyl (C=O) groups excluding carboxylic acids is 2. The van der Waals surface area contributed by atoms with Crippen LogP contribution in [-0.2, 0) is 4.79 Å². The number of hydrogen-bond acceptors (Lipinski definition) is 5. The number of nitrogens with two attached hydrogens (primary N) is 1. The monoisotopic (exact) mass is 376 g/mol. The first-order valence-electron chi connectivity index (χ1n) is 8.58. The van der Waals surface area contributed by atoms with E-state index in [1.165, 1.54) is 0 Å². The van der Waals surface area contributed by atoms with Crippen LogP contribution in [-0.4, -0.2) is 23.9 Å². The number of carbonyl (C=O) groups is 2. The van der Waals surface area contributed by atoms with Gasteiger partial charge in [0.15, 0.2) is 0 Å². The quantitative estimate of drug-likeness (QED) is 0.613. The van der Waals surface area contributed by atoms with Gasteiger partial charge in [-0.1, -0.05) is 12.1 Å². The summed E-state index contributed by atoms with van der Waals surface area (Å²) in [4.78, 5) is 28.5. The van der Waals surface area contributed by atoms with Gasteiger partial charge in [0.25, 0.3) is 5.91 Å². The molecule has 0 saturated carbocycles. The van der Waals surface area contributed by atoms with Gasteiger partial charge in [-0.15, -0.1) is 0 Å². The Bertz CT molecular complexity index is 942. The van der Waals surface area contributed by atoms with Gasteiger partial charge in [-0.2, -0.15) is 0 Å². The third-order valence-corrected chi connectivity index (χ3v) is 4.11. The Morgan fingerprint density at radius 1 is 0.893 bits per heavy atom. The number of benzene rings is 2. The van der Waals surface area contributed by atoms with Gasteiger partial charge in [0, 0.05) is 29.3 Å². The number of hydrogen-bond donors (Lipinski definition) is 3. The molecule has 0 aliphatic rings. The smallest absolute Gasteiger partial charge is 0.255 e. The zero-order valence-electron chi connectivity index (χ0n) is 15.3. The third-order valence-electron chi connectivity index (χ3n) is 4.11. The van der Waals surface area contributed by atoms with Gasteiger partial charge in [-0.3, -0.25) is 14.6 Å². The minimum Gasteiger partial charge on any atom is -0.497 e. The zero-order valence-corrected chi connectivity index (χ0v) is 15.3. The molecule has 2 aromatic carbocycles. The number of nitrogens with zero attached hydrogens (tertiary/aromatic N) is 1. The largest absolute Gasteiger partial charge is 0.497 e. The molecule has 142 valence electrons. The predicted octanol–water partition coefficient (Wildman–Crippen LogP) is 2.98. The number of amides is 2. The molecule has 4 N–H and O–H groups in total. The summed E-state index contributed by atoms with van der Waals surface area (Å²) < 4.78 is 5.09. The van der Waals surface area contributed by atoms with E-state index in [1.807, 2.05) is 0 Å². The molecule has 7 nitrogen and oxygen atoms in total. The maximum Gasteiger partial charge on any atom is 0.255 e. The summed E-state index contributed by atoms with van der Waals surface area (Å²) in [5.41, 5.74) is 8.39. The Labute approximate surface area is 162 Å². The number of pyridine rings is 1. The van der Waals surface area contributed by atoms with Crippen LogP contribution < -0.4 is 21.1 Å². The van der Waals surface area contributed by atoms with Crippen LogP contribution in [0, 0.1) is 0 Å². The SMILES string of the molecule is COc1ccc(NC(=O)C(N)c2ccc(C(=O)Nc3ccncc3)cc2)cc1. The van der Waals surface area contributed by atoms with Crippen LogP contribution in [0.4, 0.5) is 11.4 Å². The number of aromatic nitrogens is 1. The Morgan fingerprint density at radius 3 is 2.11 bits per heavy atom. The maximum absolute atomic E-state index is 12.4. The van der Waals surface area contributed by atoms with Crippen molar-refractivity contribution in [1.29, 1.82) is 0 Å². The van der Waals surface area contributed by atoms with Crippen molar-refractivity contribution in [1.82, 2.24) is 4.98 Å². The maximum atomic E-state index is 12.4. The molecule has 1 heterocycles. The van der Waals surface area contributed by atoms with Crippen molar-refractivity contribution in [2.24, 2.45) is 5.73 Å². The summed E-state index contributed by atoms with van der Waals surface area (Å²) in [5.74, 6) is 0.0936. The lowest BCUT2D eigenvalue weighted by molar-refractivity contribution is -0.117. The topological polar surface area (TPSA) is 106 Å². The van der Waals surface area contributed by atoms with Crippen molar-refractivity contribution in [3.63, 3.8) is 0 Å². The molecule has 0 aliphatic carbocycles. The molecule has 0 saturated heterocycles. The third kappa shape index (κ3) is 4.72. The number of anilines is 2. The average molecular weight is 376 g/mol. The summed E-state index contributed by atoms with van der Waals surface area (Å²) >= 11 is 0. The second-order valence-corrected chi connectivity index (χ2v) is 6.01. The van der Waals surface area contributed by atoms with Crippen molar-refractivity contribution in [2.75, 3.05) is 17.7 Å². The lowest BCUT2D eigenvalue weighted by Gasteiger charge is -2.13. The number of nitrogens with one attached hydrogen (secondary N) is 2. The van der Waals surface area contributed by atoms with Gasteiger partial charge in [0.1, 0.15) is 11.8 Å². The van der Waals surface area contributed by atoms with E-state index in [2.05, 4.69) is 15.6 Å². The minimum atomic E-state index is -0.862. The molecule has 3 aromatic rings. The van der Waals surface area contributed by atoms with Crippen molar-refractivity contribution in [3.8, 4) is 5.75 Å². The van der Waals surface area contributed by atoms with E-state index < -0.39 is 6.04 Å². The minimum absolute atomic E-state index is 0.256. The molecule has 3 rings (SSSR count). The fraction of sp³-hybridized carbons (Fsp3) is 0.0952. The van der Waals surface area contributed by atoms with Crippen molar-refractivity contribution < 1.29 is 14.3 Å². The summed E-state index contributed by atoms with van der Waals surface area (Å²) in [7, 11) is 1.57. The van der Waals surface area contributed by atoms with E-state index in [9.17, 15) is 9.59 Å². The fourth-order valence-corrected chi connectivity index (χ4v) is 2.53. The first-order chi connectivity index (χ1) is 13.6. The first-order valence-corrected chi connectivity index (χ1v) is 8.58. The highest BCUT2D eigenvalue weighted by atomic mass is 16.5. The lowest BCUT2D eigenvalue weighted by atomic mass is 10.0. The second-order valence-electron chi connectivity index (χ2n) is 6.01. The summed E-state index contributed by atoms with van der Waals surface area (Å²) in [6.07, 6.45) is 3.19. The molecule has 0 aliphatic heterocycles. The average Bonchev–Trinajstić information content (AvgIpc) is 2.74. The van der Waals surface area contributed by atoms with Gasteiger partial charge in [-0.25, -0.2) is 0 Å². The van der Waals surface area contributed by atoms with Crippen LogP contribution in [0.15, 0.2) is 73.1 Å². The molecule has 0 radical (unpaired) electrons. The normalized spacial score (nSPS) is 11.4. The first kappa shape index (κ1) is 19.1. The number of methoxy groups -OCH3 is 1.